The highest BCUT2D eigenvalue weighted by atomic mass is 16.3. The highest BCUT2D eigenvalue weighted by molar-refractivity contribution is 5.74. The summed E-state index contributed by atoms with van der Waals surface area (Å²) in [6.45, 7) is 3.75. The van der Waals surface area contributed by atoms with Crippen LogP contribution in [0, 0.1) is 13.8 Å². The Morgan fingerprint density at radius 3 is 2.25 bits per heavy atom. The van der Waals surface area contributed by atoms with Crippen molar-refractivity contribution < 1.29 is 5.11 Å². The number of nitrogen functional groups attached to an aromatic ring is 1. The lowest BCUT2D eigenvalue weighted by Gasteiger charge is -2.09. The van der Waals surface area contributed by atoms with Crippen molar-refractivity contribution >= 4 is 5.69 Å². The van der Waals surface area contributed by atoms with E-state index in [9.17, 15) is 5.11 Å². The zero-order valence-corrected chi connectivity index (χ0v) is 9.65. The smallest absolute Gasteiger partial charge is 0.121 e. The molecule has 1 aromatic carbocycles. The zero-order chi connectivity index (χ0) is 11.9. The Hall–Kier alpha value is -1.97. The van der Waals surface area contributed by atoms with E-state index in [1.807, 2.05) is 33.0 Å². The first-order valence-corrected chi connectivity index (χ1v) is 5.08. The average Bonchev–Trinajstić information content (AvgIpc) is 2.54. The van der Waals surface area contributed by atoms with Crippen LogP contribution < -0.4 is 5.73 Å². The minimum atomic E-state index is 0.337. The first-order chi connectivity index (χ1) is 7.50. The molecule has 1 aromatic heterocycles. The van der Waals surface area contributed by atoms with Gasteiger partial charge in [-0.3, -0.25) is 4.68 Å². The summed E-state index contributed by atoms with van der Waals surface area (Å²) in [4.78, 5) is 0. The van der Waals surface area contributed by atoms with Crippen molar-refractivity contribution in [3.63, 3.8) is 0 Å². The van der Waals surface area contributed by atoms with Gasteiger partial charge in [-0.05, 0) is 37.1 Å². The van der Waals surface area contributed by atoms with Gasteiger partial charge in [0.05, 0.1) is 17.6 Å². The fourth-order valence-electron chi connectivity index (χ4n) is 1.90. The van der Waals surface area contributed by atoms with E-state index in [1.54, 1.807) is 10.9 Å². The molecule has 4 nitrogen and oxygen atoms in total. The predicted octanol–water partition coefficient (Wildman–Crippen LogP) is 1.99. The van der Waals surface area contributed by atoms with E-state index in [-0.39, 0.29) is 0 Å². The molecule has 0 aliphatic heterocycles. The summed E-state index contributed by atoms with van der Waals surface area (Å²) >= 11 is 0. The lowest BCUT2D eigenvalue weighted by molar-refractivity contribution is 0.467. The fraction of sp³-hybridized carbons (Fsp3) is 0.250. The summed E-state index contributed by atoms with van der Waals surface area (Å²) in [5, 5.41) is 13.8. The van der Waals surface area contributed by atoms with Crippen molar-refractivity contribution in [3.05, 3.63) is 29.5 Å². The molecule has 0 aliphatic rings. The van der Waals surface area contributed by atoms with Gasteiger partial charge in [0.15, 0.2) is 0 Å². The van der Waals surface area contributed by atoms with Crippen molar-refractivity contribution in [2.45, 2.75) is 13.8 Å². The van der Waals surface area contributed by atoms with Crippen LogP contribution in [0.2, 0.25) is 0 Å². The van der Waals surface area contributed by atoms with Gasteiger partial charge in [-0.15, -0.1) is 0 Å². The second-order valence-corrected chi connectivity index (χ2v) is 4.03. The number of benzene rings is 1. The van der Waals surface area contributed by atoms with Crippen molar-refractivity contribution in [1.29, 1.82) is 0 Å². The minimum Gasteiger partial charge on any atom is -0.507 e. The summed E-state index contributed by atoms with van der Waals surface area (Å²) in [6, 6.07) is 3.82. The van der Waals surface area contributed by atoms with Crippen LogP contribution in [-0.2, 0) is 7.05 Å². The monoisotopic (exact) mass is 217 g/mol. The Labute approximate surface area is 94.3 Å². The van der Waals surface area contributed by atoms with Gasteiger partial charge in [0.2, 0.25) is 0 Å². The van der Waals surface area contributed by atoms with Gasteiger partial charge in [0.1, 0.15) is 5.75 Å². The van der Waals surface area contributed by atoms with Gasteiger partial charge >= 0.3 is 0 Å². The Morgan fingerprint density at radius 2 is 1.81 bits per heavy atom. The van der Waals surface area contributed by atoms with Crippen LogP contribution in [0.4, 0.5) is 5.69 Å². The maximum atomic E-state index is 9.71. The summed E-state index contributed by atoms with van der Waals surface area (Å²) in [5.41, 5.74) is 10.1. The van der Waals surface area contributed by atoms with Crippen LogP contribution in [0.25, 0.3) is 11.3 Å². The number of rotatable bonds is 1. The maximum absolute atomic E-state index is 9.71. The Bertz CT molecular complexity index is 501. The highest BCUT2D eigenvalue weighted by Gasteiger charge is 2.11. The quantitative estimate of drug-likeness (QED) is 0.767. The van der Waals surface area contributed by atoms with Gasteiger partial charge in [-0.1, -0.05) is 0 Å². The zero-order valence-electron chi connectivity index (χ0n) is 9.65. The van der Waals surface area contributed by atoms with Gasteiger partial charge < -0.3 is 10.8 Å². The van der Waals surface area contributed by atoms with Gasteiger partial charge in [0, 0.05) is 12.6 Å². The molecule has 0 atom stereocenters. The number of aromatic hydroxyl groups is 1. The molecule has 1 heterocycles. The molecule has 4 heteroatoms. The third-order valence-corrected chi connectivity index (χ3v) is 2.73. The lowest BCUT2D eigenvalue weighted by atomic mass is 10.0. The molecule has 84 valence electrons. The number of hydrogen-bond donors (Lipinski definition) is 2. The minimum absolute atomic E-state index is 0.337. The molecule has 0 amide bonds. The molecule has 0 radical (unpaired) electrons. The molecule has 0 fully saturated rings. The van der Waals surface area contributed by atoms with Crippen LogP contribution in [0.3, 0.4) is 0 Å². The topological polar surface area (TPSA) is 64.1 Å². The molecule has 0 saturated heterocycles. The van der Waals surface area contributed by atoms with E-state index in [2.05, 4.69) is 5.10 Å². The molecule has 0 spiro atoms. The third-order valence-electron chi connectivity index (χ3n) is 2.73. The molecular formula is C12H15N3O. The Balaban J connectivity index is 2.66. The van der Waals surface area contributed by atoms with Crippen molar-refractivity contribution in [1.82, 2.24) is 9.78 Å². The molecule has 2 rings (SSSR count). The molecule has 0 saturated carbocycles. The van der Waals surface area contributed by atoms with Crippen LogP contribution in [0.5, 0.6) is 5.75 Å². The second kappa shape index (κ2) is 3.56. The van der Waals surface area contributed by atoms with E-state index in [1.165, 1.54) is 0 Å². The number of nitrogens with zero attached hydrogens (tertiary/aromatic N) is 2. The summed E-state index contributed by atoms with van der Waals surface area (Å²) in [5.74, 6) is 0.337. The maximum Gasteiger partial charge on any atom is 0.121 e. The third kappa shape index (κ3) is 1.52. The highest BCUT2D eigenvalue weighted by Crippen LogP contribution is 2.31. The first-order valence-electron chi connectivity index (χ1n) is 5.08. The summed E-state index contributed by atoms with van der Waals surface area (Å²) < 4.78 is 1.74. The largest absolute Gasteiger partial charge is 0.507 e. The SMILES string of the molecule is Cc1cc(-c2c(N)cnn2C)cc(C)c1O. The fourth-order valence-corrected chi connectivity index (χ4v) is 1.90. The van der Waals surface area contributed by atoms with Crippen molar-refractivity contribution in [2.24, 2.45) is 7.05 Å². The summed E-state index contributed by atoms with van der Waals surface area (Å²) in [7, 11) is 1.85. The van der Waals surface area contributed by atoms with Crippen LogP contribution >= 0.6 is 0 Å². The van der Waals surface area contributed by atoms with Crippen molar-refractivity contribution in [3.8, 4) is 17.0 Å². The van der Waals surface area contributed by atoms with Crippen molar-refractivity contribution in [2.75, 3.05) is 5.73 Å². The molecular weight excluding hydrogens is 202 g/mol. The summed E-state index contributed by atoms with van der Waals surface area (Å²) in [6.07, 6.45) is 1.63. The number of aromatic nitrogens is 2. The Morgan fingerprint density at radius 1 is 1.25 bits per heavy atom. The van der Waals surface area contributed by atoms with Gasteiger partial charge in [-0.25, -0.2) is 0 Å². The number of nitrogens with two attached hydrogens (primary N) is 1. The number of hydrogen-bond acceptors (Lipinski definition) is 3. The van der Waals surface area contributed by atoms with E-state index in [0.717, 1.165) is 22.4 Å². The molecule has 3 N–H and O–H groups in total. The average molecular weight is 217 g/mol. The number of aryl methyl sites for hydroxylation is 3. The molecule has 0 unspecified atom stereocenters. The Kier molecular flexibility index (Phi) is 2.34. The van der Waals surface area contributed by atoms with Crippen LogP contribution in [-0.4, -0.2) is 14.9 Å². The van der Waals surface area contributed by atoms with E-state index >= 15 is 0 Å². The molecule has 2 aromatic rings. The molecule has 0 aliphatic carbocycles. The van der Waals surface area contributed by atoms with E-state index in [0.29, 0.717) is 11.4 Å². The van der Waals surface area contributed by atoms with E-state index < -0.39 is 0 Å². The molecule has 0 bridgehead atoms. The number of anilines is 1. The number of phenolic OH excluding ortho intramolecular Hbond substituents is 1. The van der Waals surface area contributed by atoms with Crippen LogP contribution in [0.1, 0.15) is 11.1 Å². The normalized spacial score (nSPS) is 10.7. The standard InChI is InChI=1S/C12H15N3O/c1-7-4-9(5-8(2)12(7)16)11-10(13)6-14-15(11)3/h4-6,16H,13H2,1-3H3. The van der Waals surface area contributed by atoms with Crippen LogP contribution in [0.15, 0.2) is 18.3 Å². The van der Waals surface area contributed by atoms with Gasteiger partial charge in [0.25, 0.3) is 0 Å². The second-order valence-electron chi connectivity index (χ2n) is 4.03. The first kappa shape index (κ1) is 10.5. The lowest BCUT2D eigenvalue weighted by Crippen LogP contribution is -1.96. The van der Waals surface area contributed by atoms with Gasteiger partial charge in [-0.2, -0.15) is 5.10 Å². The predicted molar refractivity (Wildman–Crippen MR) is 64.2 cm³/mol. The molecule has 16 heavy (non-hydrogen) atoms. The van der Waals surface area contributed by atoms with E-state index in [4.69, 9.17) is 5.73 Å². The number of phenols is 1.